The van der Waals surface area contributed by atoms with Crippen LogP contribution < -0.4 is 0 Å². The second-order valence-corrected chi connectivity index (χ2v) is 8.34. The molecule has 28 heavy (non-hydrogen) atoms. The predicted molar refractivity (Wildman–Crippen MR) is 120 cm³/mol. The molecule has 4 aromatic carbocycles. The van der Waals surface area contributed by atoms with Crippen molar-refractivity contribution >= 4 is 0 Å². The Hall–Kier alpha value is -3.12. The molecule has 0 heterocycles. The topological polar surface area (TPSA) is 0 Å². The van der Waals surface area contributed by atoms with Gasteiger partial charge in [0.15, 0.2) is 0 Å². The maximum atomic E-state index is 2.35. The molecule has 1 aliphatic rings. The Kier molecular flexibility index (Phi) is 3.77. The van der Waals surface area contributed by atoms with Crippen LogP contribution in [0.1, 0.15) is 30.5 Å². The zero-order valence-corrected chi connectivity index (χ0v) is 16.7. The summed E-state index contributed by atoms with van der Waals surface area (Å²) in [6.07, 6.45) is 0. The SMILES string of the molecule is Cc1ccc(-c2ccc(-c3cccc4c3C(C)(C)c3ccccc3-4)cc2)cc1. The number of benzene rings is 4. The van der Waals surface area contributed by atoms with Crippen molar-refractivity contribution < 1.29 is 0 Å². The second-order valence-electron chi connectivity index (χ2n) is 8.34. The number of fused-ring (bicyclic) bond motifs is 3. The van der Waals surface area contributed by atoms with Gasteiger partial charge in [-0.15, -0.1) is 0 Å². The van der Waals surface area contributed by atoms with E-state index < -0.39 is 0 Å². The minimum Gasteiger partial charge on any atom is -0.0619 e. The molecular weight excluding hydrogens is 336 g/mol. The van der Waals surface area contributed by atoms with Gasteiger partial charge in [0.2, 0.25) is 0 Å². The highest BCUT2D eigenvalue weighted by Crippen LogP contribution is 2.51. The molecule has 136 valence electrons. The minimum absolute atomic E-state index is 0.0121. The largest absolute Gasteiger partial charge is 0.0619 e. The number of hydrogen-bond acceptors (Lipinski definition) is 0. The van der Waals surface area contributed by atoms with Crippen molar-refractivity contribution in [3.8, 4) is 33.4 Å². The molecule has 0 saturated heterocycles. The van der Waals surface area contributed by atoms with Crippen LogP contribution in [0.5, 0.6) is 0 Å². The Morgan fingerprint density at radius 2 is 1.04 bits per heavy atom. The first kappa shape index (κ1) is 17.0. The zero-order chi connectivity index (χ0) is 19.3. The lowest BCUT2D eigenvalue weighted by Gasteiger charge is -2.24. The summed E-state index contributed by atoms with van der Waals surface area (Å²) in [5.41, 5.74) is 12.1. The van der Waals surface area contributed by atoms with Gasteiger partial charge in [0.25, 0.3) is 0 Å². The van der Waals surface area contributed by atoms with E-state index in [0.29, 0.717) is 0 Å². The number of rotatable bonds is 2. The third-order valence-corrected chi connectivity index (χ3v) is 6.16. The molecule has 4 aromatic rings. The Morgan fingerprint density at radius 1 is 0.500 bits per heavy atom. The lowest BCUT2D eigenvalue weighted by Crippen LogP contribution is -2.16. The van der Waals surface area contributed by atoms with Crippen molar-refractivity contribution in [2.75, 3.05) is 0 Å². The summed E-state index contributed by atoms with van der Waals surface area (Å²) in [5, 5.41) is 0. The Labute approximate surface area is 167 Å². The van der Waals surface area contributed by atoms with Crippen LogP contribution in [0, 0.1) is 6.92 Å². The fourth-order valence-electron chi connectivity index (χ4n) is 4.68. The summed E-state index contributed by atoms with van der Waals surface area (Å²) in [4.78, 5) is 0. The summed E-state index contributed by atoms with van der Waals surface area (Å²) in [6, 6.07) is 33.3. The normalized spacial score (nSPS) is 13.8. The van der Waals surface area contributed by atoms with E-state index in [1.165, 1.54) is 50.1 Å². The van der Waals surface area contributed by atoms with Gasteiger partial charge in [0, 0.05) is 5.41 Å². The van der Waals surface area contributed by atoms with Crippen LogP contribution in [0.25, 0.3) is 33.4 Å². The van der Waals surface area contributed by atoms with Crippen LogP contribution in [0.15, 0.2) is 91.0 Å². The zero-order valence-electron chi connectivity index (χ0n) is 16.7. The van der Waals surface area contributed by atoms with Crippen LogP contribution in [0.2, 0.25) is 0 Å². The predicted octanol–water partition coefficient (Wildman–Crippen LogP) is 7.64. The molecule has 0 fully saturated rings. The maximum Gasteiger partial charge on any atom is 0.0165 e. The van der Waals surface area contributed by atoms with Crippen molar-refractivity contribution in [3.05, 3.63) is 108 Å². The van der Waals surface area contributed by atoms with Crippen LogP contribution in [0.4, 0.5) is 0 Å². The van der Waals surface area contributed by atoms with Crippen LogP contribution in [0.3, 0.4) is 0 Å². The van der Waals surface area contributed by atoms with Crippen molar-refractivity contribution in [1.82, 2.24) is 0 Å². The van der Waals surface area contributed by atoms with Gasteiger partial charge in [-0.05, 0) is 51.4 Å². The van der Waals surface area contributed by atoms with Gasteiger partial charge in [-0.1, -0.05) is 110 Å². The van der Waals surface area contributed by atoms with Crippen molar-refractivity contribution in [3.63, 3.8) is 0 Å². The number of aryl methyl sites for hydroxylation is 1. The van der Waals surface area contributed by atoms with E-state index in [0.717, 1.165) is 0 Å². The number of hydrogen-bond donors (Lipinski definition) is 0. The molecular formula is C28H24. The summed E-state index contributed by atoms with van der Waals surface area (Å²) >= 11 is 0. The third kappa shape index (κ3) is 2.52. The molecule has 0 aromatic heterocycles. The highest BCUT2D eigenvalue weighted by molar-refractivity contribution is 5.88. The lowest BCUT2D eigenvalue weighted by atomic mass is 9.79. The highest BCUT2D eigenvalue weighted by Gasteiger charge is 2.37. The molecule has 0 nitrogen and oxygen atoms in total. The molecule has 0 radical (unpaired) electrons. The Balaban J connectivity index is 1.62. The second kappa shape index (κ2) is 6.21. The molecule has 5 rings (SSSR count). The fraction of sp³-hybridized carbons (Fsp3) is 0.143. The first-order valence-electron chi connectivity index (χ1n) is 9.96. The average Bonchev–Trinajstić information content (AvgIpc) is 2.97. The standard InChI is InChI=1S/C28H24/c1-19-11-13-20(14-12-19)21-15-17-22(18-16-21)23-8-6-9-25-24-7-4-5-10-26(24)28(2,3)27(23)25/h4-18H,1-3H3. The molecule has 0 N–H and O–H groups in total. The van der Waals surface area contributed by atoms with Crippen molar-refractivity contribution in [1.29, 1.82) is 0 Å². The van der Waals surface area contributed by atoms with Crippen molar-refractivity contribution in [2.24, 2.45) is 0 Å². The van der Waals surface area contributed by atoms with Gasteiger partial charge >= 0.3 is 0 Å². The summed E-state index contributed by atoms with van der Waals surface area (Å²) in [7, 11) is 0. The molecule has 0 heteroatoms. The monoisotopic (exact) mass is 360 g/mol. The van der Waals surface area contributed by atoms with E-state index in [2.05, 4.69) is 112 Å². The molecule has 0 aliphatic heterocycles. The van der Waals surface area contributed by atoms with E-state index in [1.54, 1.807) is 0 Å². The first-order chi connectivity index (χ1) is 13.6. The van der Waals surface area contributed by atoms with E-state index in [1.807, 2.05) is 0 Å². The van der Waals surface area contributed by atoms with Crippen molar-refractivity contribution in [2.45, 2.75) is 26.2 Å². The van der Waals surface area contributed by atoms with Gasteiger partial charge in [0.1, 0.15) is 0 Å². The smallest absolute Gasteiger partial charge is 0.0165 e. The summed E-state index contributed by atoms with van der Waals surface area (Å²) < 4.78 is 0. The van der Waals surface area contributed by atoms with Gasteiger partial charge < -0.3 is 0 Å². The van der Waals surface area contributed by atoms with Crippen LogP contribution >= 0.6 is 0 Å². The molecule has 0 bridgehead atoms. The lowest BCUT2D eigenvalue weighted by molar-refractivity contribution is 0.662. The Morgan fingerprint density at radius 3 is 1.75 bits per heavy atom. The van der Waals surface area contributed by atoms with E-state index >= 15 is 0 Å². The van der Waals surface area contributed by atoms with E-state index in [9.17, 15) is 0 Å². The summed E-state index contributed by atoms with van der Waals surface area (Å²) in [5.74, 6) is 0. The minimum atomic E-state index is 0.0121. The third-order valence-electron chi connectivity index (χ3n) is 6.16. The molecule has 0 spiro atoms. The molecule has 0 saturated carbocycles. The summed E-state index contributed by atoms with van der Waals surface area (Å²) in [6.45, 7) is 6.83. The van der Waals surface area contributed by atoms with Crippen LogP contribution in [-0.4, -0.2) is 0 Å². The quantitative estimate of drug-likeness (QED) is 0.344. The maximum absolute atomic E-state index is 2.35. The fourth-order valence-corrected chi connectivity index (χ4v) is 4.68. The van der Waals surface area contributed by atoms with E-state index in [4.69, 9.17) is 0 Å². The molecule has 0 amide bonds. The molecule has 0 atom stereocenters. The van der Waals surface area contributed by atoms with Gasteiger partial charge in [-0.25, -0.2) is 0 Å². The molecule has 0 unspecified atom stereocenters. The van der Waals surface area contributed by atoms with E-state index in [-0.39, 0.29) is 5.41 Å². The Bertz CT molecular complexity index is 1160. The van der Waals surface area contributed by atoms with Gasteiger partial charge in [-0.2, -0.15) is 0 Å². The van der Waals surface area contributed by atoms with Gasteiger partial charge in [-0.3, -0.25) is 0 Å². The van der Waals surface area contributed by atoms with Crippen LogP contribution in [-0.2, 0) is 5.41 Å². The highest BCUT2D eigenvalue weighted by atomic mass is 14.4. The first-order valence-corrected chi connectivity index (χ1v) is 9.96. The molecule has 1 aliphatic carbocycles. The van der Waals surface area contributed by atoms with Gasteiger partial charge in [0.05, 0.1) is 0 Å². The average molecular weight is 361 g/mol.